The first kappa shape index (κ1) is 23.4. The molecular weight excluding hydrogens is 381 g/mol. The summed E-state index contributed by atoms with van der Waals surface area (Å²) in [5.74, 6) is -2.87. The summed E-state index contributed by atoms with van der Waals surface area (Å²) in [6.07, 6.45) is -4.54. The Balaban J connectivity index is 2.87. The topological polar surface area (TPSA) is 148 Å². The summed E-state index contributed by atoms with van der Waals surface area (Å²) in [4.78, 5) is 35.5. The van der Waals surface area contributed by atoms with Crippen molar-refractivity contribution >= 4 is 17.7 Å². The Hall–Kier alpha value is -2.66. The Kier molecular flexibility index (Phi) is 8.38. The first-order valence-corrected chi connectivity index (χ1v) is 8.48. The van der Waals surface area contributed by atoms with E-state index >= 15 is 0 Å². The van der Waals surface area contributed by atoms with Crippen LogP contribution < -0.4 is 22.1 Å². The molecule has 1 aromatic carbocycles. The molecule has 156 valence electrons. The summed E-state index contributed by atoms with van der Waals surface area (Å²) in [5.41, 5.74) is 8.43. The minimum Gasteiger partial charge on any atom is -0.391 e. The van der Waals surface area contributed by atoms with E-state index in [0.717, 1.165) is 6.07 Å². The van der Waals surface area contributed by atoms with Crippen molar-refractivity contribution < 1.29 is 32.7 Å². The number of halogens is 3. The van der Waals surface area contributed by atoms with Gasteiger partial charge in [-0.15, -0.1) is 0 Å². The Bertz CT molecular complexity index is 725. The maximum Gasteiger partial charge on any atom is 0.416 e. The third-order valence-corrected chi connectivity index (χ3v) is 3.92. The number of alkyl halides is 3. The van der Waals surface area contributed by atoms with Crippen LogP contribution >= 0.6 is 0 Å². The van der Waals surface area contributed by atoms with Crippen molar-refractivity contribution in [3.05, 3.63) is 34.9 Å². The maximum atomic E-state index is 12.9. The Morgan fingerprint density at radius 2 is 1.86 bits per heavy atom. The van der Waals surface area contributed by atoms with Gasteiger partial charge < -0.3 is 27.2 Å². The lowest BCUT2D eigenvalue weighted by Gasteiger charge is -2.22. The number of nitrogens with two attached hydrogens (primary N) is 2. The molecule has 0 spiro atoms. The van der Waals surface area contributed by atoms with Crippen molar-refractivity contribution in [1.29, 1.82) is 0 Å². The predicted molar refractivity (Wildman–Crippen MR) is 94.2 cm³/mol. The van der Waals surface area contributed by atoms with E-state index in [9.17, 15) is 32.7 Å². The highest BCUT2D eigenvalue weighted by Gasteiger charge is 2.32. The monoisotopic (exact) mass is 404 g/mol. The third-order valence-electron chi connectivity index (χ3n) is 3.92. The van der Waals surface area contributed by atoms with E-state index in [2.05, 4.69) is 10.6 Å². The van der Waals surface area contributed by atoms with Crippen molar-refractivity contribution in [1.82, 2.24) is 10.6 Å². The van der Waals surface area contributed by atoms with Crippen LogP contribution in [0.4, 0.5) is 13.2 Å². The van der Waals surface area contributed by atoms with Crippen LogP contribution in [-0.2, 0) is 11.0 Å². The normalized spacial score (nSPS) is 13.5. The zero-order chi connectivity index (χ0) is 21.5. The first-order valence-electron chi connectivity index (χ1n) is 8.48. The molecule has 7 N–H and O–H groups in total. The van der Waals surface area contributed by atoms with Gasteiger partial charge in [0.1, 0.15) is 0 Å². The van der Waals surface area contributed by atoms with Crippen molar-refractivity contribution in [2.24, 2.45) is 11.5 Å². The molecule has 1 aromatic rings. The minimum atomic E-state index is -4.73. The van der Waals surface area contributed by atoms with Crippen LogP contribution in [0.25, 0.3) is 0 Å². The summed E-state index contributed by atoms with van der Waals surface area (Å²) >= 11 is 0. The first-order chi connectivity index (χ1) is 13.0. The van der Waals surface area contributed by atoms with E-state index in [4.69, 9.17) is 11.5 Å². The highest BCUT2D eigenvalue weighted by molar-refractivity contribution is 6.07. The van der Waals surface area contributed by atoms with Gasteiger partial charge in [0.05, 0.1) is 35.4 Å². The fourth-order valence-corrected chi connectivity index (χ4v) is 2.45. The van der Waals surface area contributed by atoms with Gasteiger partial charge in [-0.05, 0) is 24.6 Å². The van der Waals surface area contributed by atoms with E-state index in [0.29, 0.717) is 25.0 Å². The summed E-state index contributed by atoms with van der Waals surface area (Å²) in [6.45, 7) is 1.20. The molecule has 8 nitrogen and oxygen atoms in total. The molecule has 0 aromatic heterocycles. The van der Waals surface area contributed by atoms with Gasteiger partial charge in [-0.3, -0.25) is 14.4 Å². The number of primary amides is 1. The van der Waals surface area contributed by atoms with Crippen LogP contribution in [-0.4, -0.2) is 48.1 Å². The van der Waals surface area contributed by atoms with E-state index in [1.807, 2.05) is 6.92 Å². The molecule has 0 bridgehead atoms. The van der Waals surface area contributed by atoms with E-state index in [1.54, 1.807) is 0 Å². The number of aliphatic hydroxyl groups is 1. The van der Waals surface area contributed by atoms with Crippen LogP contribution in [0.3, 0.4) is 0 Å². The highest BCUT2D eigenvalue weighted by atomic mass is 19.4. The number of benzene rings is 1. The SMILES string of the molecule is CCC[C@H](O)[C@H](CN)NC(=O)CNC(=O)c1cc(C(F)(F)F)ccc1C(N)=O. The summed E-state index contributed by atoms with van der Waals surface area (Å²) in [7, 11) is 0. The smallest absolute Gasteiger partial charge is 0.391 e. The number of nitrogens with one attached hydrogen (secondary N) is 2. The number of hydrogen-bond donors (Lipinski definition) is 5. The molecule has 0 fully saturated rings. The number of amides is 3. The van der Waals surface area contributed by atoms with Crippen molar-refractivity contribution in [3.8, 4) is 0 Å². The molecule has 0 radical (unpaired) electrons. The van der Waals surface area contributed by atoms with Crippen molar-refractivity contribution in [3.63, 3.8) is 0 Å². The van der Waals surface area contributed by atoms with Gasteiger partial charge in [0.25, 0.3) is 5.91 Å². The second kappa shape index (κ2) is 10.0. The number of hydrogen-bond acceptors (Lipinski definition) is 5. The van der Waals surface area contributed by atoms with Gasteiger partial charge in [-0.2, -0.15) is 13.2 Å². The van der Waals surface area contributed by atoms with Gasteiger partial charge in [0, 0.05) is 6.54 Å². The molecule has 2 atom stereocenters. The molecule has 0 saturated heterocycles. The Morgan fingerprint density at radius 1 is 1.21 bits per heavy atom. The molecule has 0 heterocycles. The summed E-state index contributed by atoms with van der Waals surface area (Å²) < 4.78 is 38.6. The molecule has 11 heteroatoms. The lowest BCUT2D eigenvalue weighted by atomic mass is 10.0. The second-order valence-corrected chi connectivity index (χ2v) is 6.07. The molecule has 0 aliphatic rings. The second-order valence-electron chi connectivity index (χ2n) is 6.07. The van der Waals surface area contributed by atoms with Crippen LogP contribution in [0.2, 0.25) is 0 Å². The fourth-order valence-electron chi connectivity index (χ4n) is 2.45. The zero-order valence-electron chi connectivity index (χ0n) is 15.2. The molecule has 1 rings (SSSR count). The lowest BCUT2D eigenvalue weighted by molar-refractivity contribution is -0.137. The summed E-state index contributed by atoms with van der Waals surface area (Å²) in [6, 6.07) is 1.18. The average molecular weight is 404 g/mol. The molecule has 3 amide bonds. The molecule has 0 unspecified atom stereocenters. The number of carbonyl (C=O) groups is 3. The Morgan fingerprint density at radius 3 is 2.36 bits per heavy atom. The molecule has 0 saturated carbocycles. The quantitative estimate of drug-likeness (QED) is 0.397. The van der Waals surface area contributed by atoms with Gasteiger partial charge in [0.15, 0.2) is 0 Å². The Labute approximate surface area is 159 Å². The fraction of sp³-hybridized carbons (Fsp3) is 0.471. The molecular formula is C17H23F3N4O4. The summed E-state index contributed by atoms with van der Waals surface area (Å²) in [5, 5.41) is 14.4. The van der Waals surface area contributed by atoms with Crippen molar-refractivity contribution in [2.75, 3.05) is 13.1 Å². The largest absolute Gasteiger partial charge is 0.416 e. The number of aliphatic hydroxyl groups excluding tert-OH is 1. The predicted octanol–water partition coefficient (Wildman–Crippen LogP) is 0.139. The van der Waals surface area contributed by atoms with Gasteiger partial charge in [0.2, 0.25) is 11.8 Å². The van der Waals surface area contributed by atoms with E-state index in [-0.39, 0.29) is 6.54 Å². The van der Waals surface area contributed by atoms with Crippen LogP contribution in [0.15, 0.2) is 18.2 Å². The highest BCUT2D eigenvalue weighted by Crippen LogP contribution is 2.30. The van der Waals surface area contributed by atoms with Crippen LogP contribution in [0, 0.1) is 0 Å². The maximum absolute atomic E-state index is 12.9. The van der Waals surface area contributed by atoms with Crippen molar-refractivity contribution in [2.45, 2.75) is 38.1 Å². The van der Waals surface area contributed by atoms with Gasteiger partial charge in [-0.25, -0.2) is 0 Å². The molecule has 0 aliphatic carbocycles. The zero-order valence-corrected chi connectivity index (χ0v) is 15.2. The number of rotatable bonds is 9. The minimum absolute atomic E-state index is 0.0414. The van der Waals surface area contributed by atoms with E-state index < -0.39 is 59.3 Å². The molecule has 28 heavy (non-hydrogen) atoms. The standard InChI is InChI=1S/C17H23F3N4O4/c1-2-3-13(25)12(7-21)24-14(26)8-23-16(28)11-6-9(17(18,19)20)4-5-10(11)15(22)27/h4-6,12-13,25H,2-3,7-8,21H2,1H3,(H2,22,27)(H,23,28)(H,24,26)/t12-,13-/m0/s1. The van der Waals surface area contributed by atoms with Crippen LogP contribution in [0.1, 0.15) is 46.0 Å². The lowest BCUT2D eigenvalue weighted by Crippen LogP contribution is -2.50. The third kappa shape index (κ3) is 6.50. The van der Waals surface area contributed by atoms with E-state index in [1.165, 1.54) is 0 Å². The average Bonchev–Trinajstić information content (AvgIpc) is 2.62. The van der Waals surface area contributed by atoms with Crippen LogP contribution in [0.5, 0.6) is 0 Å². The number of carbonyl (C=O) groups excluding carboxylic acids is 3. The van der Waals surface area contributed by atoms with Gasteiger partial charge in [-0.1, -0.05) is 13.3 Å². The molecule has 0 aliphatic heterocycles. The van der Waals surface area contributed by atoms with Gasteiger partial charge >= 0.3 is 6.18 Å².